The Morgan fingerprint density at radius 2 is 2.20 bits per heavy atom. The fraction of sp³-hybridized carbons (Fsp3) is 0.444. The Kier molecular flexibility index (Phi) is 3.52. The van der Waals surface area contributed by atoms with Crippen molar-refractivity contribution in [2.45, 2.75) is 25.8 Å². The lowest BCUT2D eigenvalue weighted by molar-refractivity contribution is -0.217. The molecule has 0 aliphatic carbocycles. The normalized spacial score (nSPS) is 13.9. The van der Waals surface area contributed by atoms with E-state index in [0.29, 0.717) is 5.56 Å². The molecule has 1 unspecified atom stereocenters. The standard InChI is InChI=1S/C9H11F3N2O/c1-6(9(10,11)12)15-5-7-3-2-4-14-8(7)13/h2-4,6H,5H2,1H3,(H2,13,14). The molecule has 15 heavy (non-hydrogen) atoms. The van der Waals surface area contributed by atoms with E-state index in [1.807, 2.05) is 0 Å². The molecule has 0 amide bonds. The predicted molar refractivity (Wildman–Crippen MR) is 49.0 cm³/mol. The largest absolute Gasteiger partial charge is 0.414 e. The Morgan fingerprint density at radius 1 is 1.53 bits per heavy atom. The number of aromatic nitrogens is 1. The van der Waals surface area contributed by atoms with Gasteiger partial charge >= 0.3 is 6.18 Å². The van der Waals surface area contributed by atoms with Crippen molar-refractivity contribution in [2.24, 2.45) is 0 Å². The maximum atomic E-state index is 12.1. The maximum absolute atomic E-state index is 12.1. The number of nitrogen functional groups attached to an aromatic ring is 1. The van der Waals surface area contributed by atoms with Gasteiger partial charge in [0.1, 0.15) is 5.82 Å². The summed E-state index contributed by atoms with van der Waals surface area (Å²) in [4.78, 5) is 3.74. The third kappa shape index (κ3) is 3.39. The van der Waals surface area contributed by atoms with E-state index in [0.717, 1.165) is 6.92 Å². The zero-order chi connectivity index (χ0) is 11.5. The highest BCUT2D eigenvalue weighted by Crippen LogP contribution is 2.23. The fourth-order valence-corrected chi connectivity index (χ4v) is 0.882. The molecule has 3 nitrogen and oxygen atoms in total. The Labute approximate surface area is 85.1 Å². The van der Waals surface area contributed by atoms with E-state index in [9.17, 15) is 13.2 Å². The van der Waals surface area contributed by atoms with Crippen molar-refractivity contribution in [3.63, 3.8) is 0 Å². The molecule has 0 fully saturated rings. The van der Waals surface area contributed by atoms with Gasteiger partial charge in [-0.25, -0.2) is 4.98 Å². The molecule has 1 rings (SSSR count). The molecule has 1 aromatic rings. The van der Waals surface area contributed by atoms with Crippen molar-refractivity contribution in [1.82, 2.24) is 4.98 Å². The number of nitrogens with two attached hydrogens (primary N) is 1. The molecule has 0 spiro atoms. The van der Waals surface area contributed by atoms with Crippen LogP contribution in [0.15, 0.2) is 18.3 Å². The molecule has 84 valence electrons. The van der Waals surface area contributed by atoms with Crippen LogP contribution < -0.4 is 5.73 Å². The molecule has 6 heteroatoms. The molecule has 1 heterocycles. The summed E-state index contributed by atoms with van der Waals surface area (Å²) < 4.78 is 40.9. The van der Waals surface area contributed by atoms with Crippen LogP contribution >= 0.6 is 0 Å². The van der Waals surface area contributed by atoms with Crippen molar-refractivity contribution in [3.05, 3.63) is 23.9 Å². The van der Waals surface area contributed by atoms with Crippen LogP contribution in [0, 0.1) is 0 Å². The molecule has 2 N–H and O–H groups in total. The van der Waals surface area contributed by atoms with Crippen LogP contribution in [0.25, 0.3) is 0 Å². The molecule has 0 radical (unpaired) electrons. The molecule has 0 bridgehead atoms. The van der Waals surface area contributed by atoms with E-state index in [-0.39, 0.29) is 12.4 Å². The van der Waals surface area contributed by atoms with E-state index in [1.165, 1.54) is 6.20 Å². The summed E-state index contributed by atoms with van der Waals surface area (Å²) >= 11 is 0. The average molecular weight is 220 g/mol. The van der Waals surface area contributed by atoms with Crippen molar-refractivity contribution in [3.8, 4) is 0 Å². The zero-order valence-electron chi connectivity index (χ0n) is 8.08. The van der Waals surface area contributed by atoms with Gasteiger partial charge in [0.2, 0.25) is 0 Å². The van der Waals surface area contributed by atoms with Crippen LogP contribution in [-0.2, 0) is 11.3 Å². The second kappa shape index (κ2) is 4.48. The summed E-state index contributed by atoms with van der Waals surface area (Å²) in [6.45, 7) is 0.757. The van der Waals surface area contributed by atoms with Crippen LogP contribution in [-0.4, -0.2) is 17.3 Å². The van der Waals surface area contributed by atoms with Gasteiger partial charge in [-0.2, -0.15) is 13.2 Å². The molecular formula is C9H11F3N2O. The van der Waals surface area contributed by atoms with Crippen LogP contribution in [0.3, 0.4) is 0 Å². The summed E-state index contributed by atoms with van der Waals surface area (Å²) in [5.41, 5.74) is 5.90. The third-order valence-electron chi connectivity index (χ3n) is 1.88. The lowest BCUT2D eigenvalue weighted by Crippen LogP contribution is -2.28. The van der Waals surface area contributed by atoms with E-state index in [1.54, 1.807) is 12.1 Å². The minimum Gasteiger partial charge on any atom is -0.383 e. The minimum atomic E-state index is -4.35. The number of rotatable bonds is 3. The van der Waals surface area contributed by atoms with E-state index in [2.05, 4.69) is 9.72 Å². The lowest BCUT2D eigenvalue weighted by atomic mass is 10.3. The topological polar surface area (TPSA) is 48.1 Å². The molecule has 1 aromatic heterocycles. The van der Waals surface area contributed by atoms with E-state index < -0.39 is 12.3 Å². The van der Waals surface area contributed by atoms with Gasteiger partial charge < -0.3 is 10.5 Å². The minimum absolute atomic E-state index is 0.187. The Hall–Kier alpha value is -1.30. The molecule has 0 aromatic carbocycles. The first-order valence-corrected chi connectivity index (χ1v) is 4.29. The number of hydrogen-bond acceptors (Lipinski definition) is 3. The van der Waals surface area contributed by atoms with Gasteiger partial charge in [-0.05, 0) is 13.0 Å². The van der Waals surface area contributed by atoms with E-state index in [4.69, 9.17) is 5.73 Å². The SMILES string of the molecule is CC(OCc1cccnc1N)C(F)(F)F. The fourth-order valence-electron chi connectivity index (χ4n) is 0.882. The van der Waals surface area contributed by atoms with Crippen LogP contribution in [0.2, 0.25) is 0 Å². The van der Waals surface area contributed by atoms with Gasteiger partial charge in [-0.3, -0.25) is 0 Å². The molecule has 1 atom stereocenters. The average Bonchev–Trinajstić information content (AvgIpc) is 2.14. The van der Waals surface area contributed by atoms with Crippen molar-refractivity contribution in [1.29, 1.82) is 0 Å². The molecule has 0 saturated heterocycles. The highest BCUT2D eigenvalue weighted by atomic mass is 19.4. The first kappa shape index (κ1) is 11.8. The van der Waals surface area contributed by atoms with Crippen molar-refractivity contribution < 1.29 is 17.9 Å². The number of ether oxygens (including phenoxy) is 1. The van der Waals surface area contributed by atoms with Crippen molar-refractivity contribution >= 4 is 5.82 Å². The Balaban J connectivity index is 2.55. The molecule has 0 aliphatic rings. The molecule has 0 aliphatic heterocycles. The Morgan fingerprint density at radius 3 is 2.73 bits per heavy atom. The number of nitrogens with zero attached hydrogens (tertiary/aromatic N) is 1. The summed E-state index contributed by atoms with van der Waals surface area (Å²) in [6.07, 6.45) is -4.69. The van der Waals surface area contributed by atoms with Crippen LogP contribution in [0.4, 0.5) is 19.0 Å². The summed E-state index contributed by atoms with van der Waals surface area (Å²) in [5, 5.41) is 0. The predicted octanol–water partition coefficient (Wildman–Crippen LogP) is 2.13. The van der Waals surface area contributed by atoms with Gasteiger partial charge in [0, 0.05) is 11.8 Å². The summed E-state index contributed by atoms with van der Waals surface area (Å²) in [7, 11) is 0. The lowest BCUT2D eigenvalue weighted by Gasteiger charge is -2.16. The molecule has 0 saturated carbocycles. The highest BCUT2D eigenvalue weighted by Gasteiger charge is 2.36. The second-order valence-electron chi connectivity index (χ2n) is 3.04. The van der Waals surface area contributed by atoms with Gasteiger partial charge in [-0.1, -0.05) is 6.07 Å². The molecular weight excluding hydrogens is 209 g/mol. The number of halogens is 3. The highest BCUT2D eigenvalue weighted by molar-refractivity contribution is 5.37. The number of pyridine rings is 1. The van der Waals surface area contributed by atoms with Gasteiger partial charge in [0.05, 0.1) is 6.61 Å². The van der Waals surface area contributed by atoms with Crippen molar-refractivity contribution in [2.75, 3.05) is 5.73 Å². The third-order valence-corrected chi connectivity index (χ3v) is 1.88. The monoisotopic (exact) mass is 220 g/mol. The maximum Gasteiger partial charge on any atom is 0.414 e. The summed E-state index contributed by atoms with van der Waals surface area (Å²) in [6, 6.07) is 3.17. The number of anilines is 1. The number of hydrogen-bond donors (Lipinski definition) is 1. The van der Waals surface area contributed by atoms with Crippen LogP contribution in [0.1, 0.15) is 12.5 Å². The van der Waals surface area contributed by atoms with Gasteiger partial charge in [0.15, 0.2) is 6.10 Å². The quantitative estimate of drug-likeness (QED) is 0.848. The summed E-state index contributed by atoms with van der Waals surface area (Å²) in [5.74, 6) is 0.187. The van der Waals surface area contributed by atoms with E-state index >= 15 is 0 Å². The zero-order valence-corrected chi connectivity index (χ0v) is 8.08. The van der Waals surface area contributed by atoms with Gasteiger partial charge in [0.25, 0.3) is 0 Å². The first-order chi connectivity index (χ1) is 6.91. The second-order valence-corrected chi connectivity index (χ2v) is 3.04. The first-order valence-electron chi connectivity index (χ1n) is 4.29. The number of alkyl halides is 3. The van der Waals surface area contributed by atoms with Gasteiger partial charge in [-0.15, -0.1) is 0 Å². The Bertz CT molecular complexity index is 327. The van der Waals surface area contributed by atoms with Crippen LogP contribution in [0.5, 0.6) is 0 Å². The smallest absolute Gasteiger partial charge is 0.383 e.